The van der Waals surface area contributed by atoms with Crippen molar-refractivity contribution in [3.8, 4) is 0 Å². The van der Waals surface area contributed by atoms with Crippen LogP contribution in [0.1, 0.15) is 52.5 Å². The summed E-state index contributed by atoms with van der Waals surface area (Å²) in [5.74, 6) is 0. The van der Waals surface area contributed by atoms with Gasteiger partial charge in [0.1, 0.15) is 0 Å². The Hall–Kier alpha value is -0.505. The van der Waals surface area contributed by atoms with Crippen LogP contribution in [0.2, 0.25) is 10.3 Å². The maximum Gasteiger partial charge on any atom is 0.464 e. The Labute approximate surface area is 132 Å². The fourth-order valence-corrected chi connectivity index (χ4v) is 4.45. The molecule has 1 heterocycles. The van der Waals surface area contributed by atoms with Crippen molar-refractivity contribution >= 4 is 18.7 Å². The molecule has 5 rings (SSSR count). The molecule has 1 aliphatic heterocycles. The third kappa shape index (κ3) is 1.74. The average Bonchev–Trinajstić information content (AvgIpc) is 2.47. The average molecular weight is 305 g/mol. The van der Waals surface area contributed by atoms with Gasteiger partial charge in [-0.05, 0) is 70.1 Å². The second-order valence-corrected chi connectivity index (χ2v) is 8.70. The molecule has 0 atom stereocenters. The predicted octanol–water partition coefficient (Wildman–Crippen LogP) is 4.61. The zero-order valence-corrected chi connectivity index (χ0v) is 14.0. The molecule has 3 saturated carbocycles. The number of rotatable bonds is 2. The molecule has 1 aromatic carbocycles. The van der Waals surface area contributed by atoms with Gasteiger partial charge in [0.2, 0.25) is 0 Å². The van der Waals surface area contributed by atoms with Crippen LogP contribution in [0.3, 0.4) is 0 Å². The fourth-order valence-electron chi connectivity index (χ4n) is 4.32. The van der Waals surface area contributed by atoms with Gasteiger partial charge in [-0.1, -0.05) is 23.7 Å². The van der Waals surface area contributed by atoms with Gasteiger partial charge in [-0.2, -0.15) is 0 Å². The molecule has 112 valence electrons. The molecule has 4 heteroatoms. The van der Waals surface area contributed by atoms with Crippen molar-refractivity contribution in [2.45, 2.75) is 68.9 Å². The van der Waals surface area contributed by atoms with Crippen LogP contribution in [0.4, 0.5) is 0 Å². The van der Waals surface area contributed by atoms with Crippen molar-refractivity contribution in [1.29, 1.82) is 0 Å². The van der Waals surface area contributed by atoms with Gasteiger partial charge in [0.25, 0.3) is 0 Å². The van der Waals surface area contributed by atoms with E-state index in [0.717, 1.165) is 5.02 Å². The van der Waals surface area contributed by atoms with Crippen LogP contribution in [0.5, 0.6) is 0 Å². The van der Waals surface area contributed by atoms with Gasteiger partial charge in [-0.3, -0.25) is 0 Å². The van der Waals surface area contributed by atoms with Crippen LogP contribution in [-0.4, -0.2) is 18.3 Å². The van der Waals surface area contributed by atoms with Crippen LogP contribution in [0.15, 0.2) is 24.3 Å². The van der Waals surface area contributed by atoms with Gasteiger partial charge in [-0.15, -0.1) is 0 Å². The lowest BCUT2D eigenvalue weighted by molar-refractivity contribution is -0.0383. The van der Waals surface area contributed by atoms with Gasteiger partial charge in [0.15, 0.2) is 0 Å². The zero-order valence-electron chi connectivity index (χ0n) is 13.2. The second kappa shape index (κ2) is 3.87. The highest BCUT2D eigenvalue weighted by Gasteiger charge is 2.76. The number of benzene rings is 1. The molecule has 0 N–H and O–H groups in total. The summed E-state index contributed by atoms with van der Waals surface area (Å²) < 4.78 is 12.5. The van der Waals surface area contributed by atoms with Crippen LogP contribution >= 0.6 is 11.6 Å². The molecule has 21 heavy (non-hydrogen) atoms. The van der Waals surface area contributed by atoms with E-state index in [0.29, 0.717) is 5.41 Å². The summed E-state index contributed by atoms with van der Waals surface area (Å²) in [6.45, 7) is 8.53. The van der Waals surface area contributed by atoms with Gasteiger partial charge >= 0.3 is 7.12 Å². The molecule has 0 radical (unpaired) electrons. The van der Waals surface area contributed by atoms with Crippen molar-refractivity contribution in [1.82, 2.24) is 0 Å². The smallest absolute Gasteiger partial charge is 0.403 e. The van der Waals surface area contributed by atoms with Crippen molar-refractivity contribution in [2.24, 2.45) is 0 Å². The first-order chi connectivity index (χ1) is 9.68. The summed E-state index contributed by atoms with van der Waals surface area (Å²) in [5, 5.41) is 1.05. The van der Waals surface area contributed by atoms with Gasteiger partial charge in [0, 0.05) is 10.3 Å². The fraction of sp³-hybridized carbons (Fsp3) is 0.647. The van der Waals surface area contributed by atoms with Gasteiger partial charge < -0.3 is 9.31 Å². The van der Waals surface area contributed by atoms with Crippen LogP contribution in [0, 0.1) is 0 Å². The maximum absolute atomic E-state index is 6.27. The molecule has 0 amide bonds. The molecule has 0 unspecified atom stereocenters. The maximum atomic E-state index is 6.27. The van der Waals surface area contributed by atoms with Crippen molar-refractivity contribution in [3.63, 3.8) is 0 Å². The molecule has 0 spiro atoms. The van der Waals surface area contributed by atoms with Crippen LogP contribution in [0.25, 0.3) is 0 Å². The first-order valence-electron chi connectivity index (χ1n) is 7.80. The molecule has 0 aromatic heterocycles. The minimum Gasteiger partial charge on any atom is -0.403 e. The predicted molar refractivity (Wildman–Crippen MR) is 85.8 cm³/mol. The summed E-state index contributed by atoms with van der Waals surface area (Å²) in [5.41, 5.74) is 1.33. The quantitative estimate of drug-likeness (QED) is 0.743. The third-order valence-electron chi connectivity index (χ3n) is 6.28. The van der Waals surface area contributed by atoms with Crippen molar-refractivity contribution in [2.75, 3.05) is 0 Å². The van der Waals surface area contributed by atoms with Gasteiger partial charge in [0.05, 0.1) is 11.2 Å². The van der Waals surface area contributed by atoms with E-state index in [9.17, 15) is 0 Å². The van der Waals surface area contributed by atoms with E-state index >= 15 is 0 Å². The minimum absolute atomic E-state index is 0.0447. The third-order valence-corrected chi connectivity index (χ3v) is 6.53. The highest BCUT2D eigenvalue weighted by Crippen LogP contribution is 2.80. The molecule has 4 fully saturated rings. The molecule has 2 bridgehead atoms. The summed E-state index contributed by atoms with van der Waals surface area (Å²) in [6, 6.07) is 8.35. The van der Waals surface area contributed by atoms with E-state index in [4.69, 9.17) is 20.9 Å². The van der Waals surface area contributed by atoms with E-state index in [1.54, 1.807) is 0 Å². The lowest BCUT2D eigenvalue weighted by Gasteiger charge is -2.71. The second-order valence-electron chi connectivity index (χ2n) is 8.27. The number of hydrogen-bond donors (Lipinski definition) is 0. The molecule has 4 aliphatic rings. The summed E-state index contributed by atoms with van der Waals surface area (Å²) >= 11 is 5.99. The number of halogens is 1. The molecule has 2 nitrogen and oxygen atoms in total. The lowest BCUT2D eigenvalue weighted by Crippen LogP contribution is -2.66. The van der Waals surface area contributed by atoms with Crippen LogP contribution < -0.4 is 0 Å². The zero-order chi connectivity index (χ0) is 15.1. The Morgan fingerprint density at radius 2 is 1.38 bits per heavy atom. The Balaban J connectivity index is 1.50. The monoisotopic (exact) mass is 304 g/mol. The molecule has 1 aromatic rings. The number of hydrogen-bond acceptors (Lipinski definition) is 2. The largest absolute Gasteiger partial charge is 0.464 e. The van der Waals surface area contributed by atoms with Crippen molar-refractivity contribution < 1.29 is 9.31 Å². The Kier molecular flexibility index (Phi) is 2.60. The minimum atomic E-state index is -0.222. The summed E-state index contributed by atoms with van der Waals surface area (Å²) in [4.78, 5) is 0. The molecular weight excluding hydrogens is 282 g/mol. The SMILES string of the molecule is CC1(C)OB(C23CC(c4ccc(Cl)cc4)(C2)C3)OC1(C)C. The van der Waals surface area contributed by atoms with Crippen molar-refractivity contribution in [3.05, 3.63) is 34.9 Å². The van der Waals surface area contributed by atoms with E-state index in [1.807, 2.05) is 12.1 Å². The Bertz CT molecular complexity index is 558. The summed E-state index contributed by atoms with van der Waals surface area (Å²) in [7, 11) is -0.0447. The molecule has 3 aliphatic carbocycles. The van der Waals surface area contributed by atoms with E-state index in [-0.39, 0.29) is 23.6 Å². The standard InChI is InChI=1S/C17H22BClO2/c1-14(2)15(3,4)21-18(20-14)17-9-16(10-17,11-17)12-5-7-13(19)8-6-12/h5-8H,9-11H2,1-4H3. The Morgan fingerprint density at radius 1 is 0.905 bits per heavy atom. The van der Waals surface area contributed by atoms with E-state index in [1.165, 1.54) is 24.8 Å². The van der Waals surface area contributed by atoms with Crippen LogP contribution in [-0.2, 0) is 14.7 Å². The highest BCUT2D eigenvalue weighted by molar-refractivity contribution is 6.51. The lowest BCUT2D eigenvalue weighted by atomic mass is 9.23. The summed E-state index contributed by atoms with van der Waals surface area (Å²) in [6.07, 6.45) is 3.54. The highest BCUT2D eigenvalue weighted by atomic mass is 35.5. The topological polar surface area (TPSA) is 18.5 Å². The van der Waals surface area contributed by atoms with Gasteiger partial charge in [-0.25, -0.2) is 0 Å². The van der Waals surface area contributed by atoms with E-state index in [2.05, 4.69) is 39.8 Å². The normalized spacial score (nSPS) is 38.8. The molecule has 1 saturated heterocycles. The Morgan fingerprint density at radius 3 is 1.86 bits per heavy atom. The first kappa shape index (κ1) is 14.1. The first-order valence-corrected chi connectivity index (χ1v) is 8.18. The van der Waals surface area contributed by atoms with E-state index < -0.39 is 0 Å². The molecular formula is C17H22BClO2.